The van der Waals surface area contributed by atoms with Gasteiger partial charge in [0.1, 0.15) is 11.6 Å². The Labute approximate surface area is 678 Å². The Morgan fingerprint density at radius 3 is 1.32 bits per heavy atom. The minimum absolute atomic E-state index is 0.0447. The maximum atomic E-state index is 13.1. The zero-order chi connectivity index (χ0) is 81.2. The number of hydrogen-bond donors (Lipinski definition) is 9. The first-order chi connectivity index (χ1) is 57.1. The van der Waals surface area contributed by atoms with Crippen molar-refractivity contribution in [3.8, 4) is 56.3 Å². The lowest BCUT2D eigenvalue weighted by Crippen LogP contribution is -2.50. The number of piperidine rings is 2. The molecule has 117 heavy (non-hydrogen) atoms. The van der Waals surface area contributed by atoms with Crippen molar-refractivity contribution in [1.29, 1.82) is 5.26 Å². The number of H-pyrrole nitrogens is 4. The van der Waals surface area contributed by atoms with Gasteiger partial charge in [0, 0.05) is 119 Å². The van der Waals surface area contributed by atoms with Crippen LogP contribution in [0.5, 0.6) is 5.75 Å². The molecule has 8 amide bonds. The molecule has 17 rings (SSSR count). The number of hydrogen-bond acceptors (Lipinski definition) is 14. The van der Waals surface area contributed by atoms with Crippen LogP contribution in [0, 0.1) is 35.9 Å². The minimum Gasteiger partial charge on any atom is -0.496 e. The predicted octanol–water partition coefficient (Wildman–Crippen LogP) is 16.3. The molecule has 9 aromatic carbocycles. The normalized spacial score (nSPS) is 14.8. The molecule has 4 aliphatic rings. The number of ether oxygens (including phenoxy) is 2. The molecule has 0 bridgehead atoms. The Hall–Kier alpha value is -13.0. The summed E-state index contributed by atoms with van der Waals surface area (Å²) in [4.78, 5) is 62.6. The lowest BCUT2D eigenvalue weighted by atomic mass is 10.00. The van der Waals surface area contributed by atoms with E-state index in [2.05, 4.69) is 159 Å². The number of benzene rings is 9. The van der Waals surface area contributed by atoms with Gasteiger partial charge in [0.15, 0.2) is 23.3 Å². The van der Waals surface area contributed by atoms with E-state index < -0.39 is 0 Å². The van der Waals surface area contributed by atoms with Gasteiger partial charge >= 0.3 is 24.1 Å². The first-order valence-corrected chi connectivity index (χ1v) is 39.9. The first kappa shape index (κ1) is 80.6. The van der Waals surface area contributed by atoms with Crippen molar-refractivity contribution in [3.63, 3.8) is 0 Å². The molecule has 9 N–H and O–H groups in total. The summed E-state index contributed by atoms with van der Waals surface area (Å²) in [5, 5.41) is 62.4. The van der Waals surface area contributed by atoms with Gasteiger partial charge in [-0.15, -0.1) is 0 Å². The highest BCUT2D eigenvalue weighted by atomic mass is 19.1. The second-order valence-electron chi connectivity index (χ2n) is 30.1. The van der Waals surface area contributed by atoms with Gasteiger partial charge in [-0.05, 0) is 168 Å². The molecule has 0 radical (unpaired) electrons. The van der Waals surface area contributed by atoms with Crippen LogP contribution in [0.4, 0.5) is 46.8 Å². The topological polar surface area (TPSA) is 313 Å². The molecule has 602 valence electrons. The summed E-state index contributed by atoms with van der Waals surface area (Å²) in [6.45, 7) is 18.4. The number of carbonyl (C=O) groups is 4. The van der Waals surface area contributed by atoms with Gasteiger partial charge in [0.05, 0.1) is 60.6 Å². The highest BCUT2D eigenvalue weighted by molar-refractivity contribution is 6.04. The van der Waals surface area contributed by atoms with E-state index in [1.165, 1.54) is 23.3 Å². The standard InChI is InChI=1S/C26H27N5O2.C23H29N5O3.C21H21N5O.C20H21FN4O/c1-33-24-10-6-5-9-21(24)20-11-12-22-23(17-20)28-29-25(22)27-26(32)31-15-13-30(14-16-31)18-19-7-3-2-4-8-19;1-17-3-2-4-18(15-17)19-5-6-20-21(16-19)25-26-22(20)24-23(30)28-9-7-27(8-10-28)11-13-31-14-12-29;1-14-7-9-26(10-8-14)21(27)23-20-18-6-5-17(12-19(18)24-25-20)16-4-2-3-15(11-16)13-22;1-13-8-10-25(11-9-13)20(26)22-19-17-7-4-15(12-18(17)23-24-19)14-2-5-16(21)6-3-14/h2-12,17H,13-16,18H2,1H3,(H2,27,28,29,32);2-6,15-16,29H,7-14H2,1H3,(H2,24,25,26,30);2-6,11-12,14H,7-10H2,1H3,(H2,23,24,25,27);2-7,12-13H,8-11H2,1H3,(H2,22,23,24,26). The van der Waals surface area contributed by atoms with E-state index >= 15 is 0 Å². The summed E-state index contributed by atoms with van der Waals surface area (Å²) >= 11 is 0. The van der Waals surface area contributed by atoms with Crippen LogP contribution < -0.4 is 26.0 Å². The Balaban J connectivity index is 0.000000129. The number of rotatable bonds is 16. The smallest absolute Gasteiger partial charge is 0.323 e. The Bertz CT molecular complexity index is 5590. The van der Waals surface area contributed by atoms with Crippen LogP contribution in [0.2, 0.25) is 0 Å². The molecule has 0 atom stereocenters. The molecule has 4 aliphatic heterocycles. The van der Waals surface area contributed by atoms with Crippen molar-refractivity contribution < 1.29 is 38.1 Å². The van der Waals surface area contributed by atoms with Gasteiger partial charge in [-0.1, -0.05) is 141 Å². The van der Waals surface area contributed by atoms with Gasteiger partial charge in [-0.3, -0.25) is 51.5 Å². The van der Waals surface area contributed by atoms with Crippen LogP contribution >= 0.6 is 0 Å². The third-order valence-electron chi connectivity index (χ3n) is 21.9. The summed E-state index contributed by atoms with van der Waals surface area (Å²) in [5.41, 5.74) is 14.7. The van der Waals surface area contributed by atoms with Crippen molar-refractivity contribution in [3.05, 3.63) is 223 Å². The molecule has 26 nitrogen and oxygen atoms in total. The molecule has 8 heterocycles. The minimum atomic E-state index is -0.256. The van der Waals surface area contributed by atoms with E-state index in [1.807, 2.05) is 129 Å². The van der Waals surface area contributed by atoms with Crippen molar-refractivity contribution >= 4 is 91.0 Å². The third-order valence-corrected chi connectivity index (χ3v) is 21.9. The number of nitrogens with zero attached hydrogens (tertiary/aromatic N) is 11. The number of amides is 8. The number of likely N-dealkylation sites (tertiary alicyclic amines) is 2. The Kier molecular flexibility index (Phi) is 26.5. The average molecular weight is 1580 g/mol. The first-order valence-electron chi connectivity index (χ1n) is 39.9. The van der Waals surface area contributed by atoms with Crippen molar-refractivity contribution in [2.45, 2.75) is 53.0 Å². The third kappa shape index (κ3) is 20.6. The van der Waals surface area contributed by atoms with Crippen molar-refractivity contribution in [2.24, 2.45) is 11.8 Å². The van der Waals surface area contributed by atoms with Gasteiger partial charge in [0.2, 0.25) is 0 Å². The zero-order valence-corrected chi connectivity index (χ0v) is 66.3. The van der Waals surface area contributed by atoms with Gasteiger partial charge in [-0.25, -0.2) is 23.6 Å². The summed E-state index contributed by atoms with van der Waals surface area (Å²) in [6.07, 6.45) is 4.16. The largest absolute Gasteiger partial charge is 0.496 e. The summed E-state index contributed by atoms with van der Waals surface area (Å²) in [6, 6.07) is 66.2. The van der Waals surface area contributed by atoms with Crippen LogP contribution in [-0.2, 0) is 11.3 Å². The fourth-order valence-corrected chi connectivity index (χ4v) is 14.9. The number of anilines is 4. The quantitative estimate of drug-likeness (QED) is 0.0406. The molecule has 27 heteroatoms. The molecule has 0 spiro atoms. The fraction of sp³-hybridized carbons (Fsp3) is 0.300. The lowest BCUT2D eigenvalue weighted by molar-refractivity contribution is 0.0627. The predicted molar refractivity (Wildman–Crippen MR) is 457 cm³/mol. The number of methoxy groups -OCH3 is 1. The van der Waals surface area contributed by atoms with E-state index in [-0.39, 0.29) is 36.5 Å². The number of aryl methyl sites for hydroxylation is 1. The van der Waals surface area contributed by atoms with Crippen LogP contribution in [0.25, 0.3) is 88.1 Å². The van der Waals surface area contributed by atoms with Crippen LogP contribution in [0.3, 0.4) is 0 Å². The maximum absolute atomic E-state index is 13.1. The number of urea groups is 4. The molecular weight excluding hydrogens is 1480 g/mol. The second kappa shape index (κ2) is 38.4. The number of nitriles is 1. The van der Waals surface area contributed by atoms with Gasteiger partial charge in [-0.2, -0.15) is 25.7 Å². The SMILES string of the molecule is CC1CCN(C(=O)Nc2n[nH]c3cc(-c4ccc(F)cc4)ccc23)CC1.CC1CCN(C(=O)Nc2n[nH]c3cc(-c4cccc(C#N)c4)ccc23)CC1.COc1ccccc1-c1ccc2c(NC(=O)N3CCN(Cc4ccccc4)CC3)n[nH]c2c1.Cc1cccc(-c2ccc3c(NC(=O)N4CCN(CCOCCO)CC4)n[nH]c3c2)c1. The van der Waals surface area contributed by atoms with Crippen LogP contribution in [-0.4, -0.2) is 211 Å². The number of para-hydroxylation sites is 1. The average Bonchev–Trinajstić information content (AvgIpc) is 1.56. The number of carbonyl (C=O) groups excluding carboxylic acids is 4. The Morgan fingerprint density at radius 2 is 0.855 bits per heavy atom. The molecular formula is C90H98FN19O7. The number of aromatic amines is 4. The number of halogens is 1. The highest BCUT2D eigenvalue weighted by Gasteiger charge is 2.27. The second-order valence-corrected chi connectivity index (χ2v) is 30.1. The van der Waals surface area contributed by atoms with Crippen LogP contribution in [0.1, 0.15) is 56.2 Å². The molecule has 0 unspecified atom stereocenters. The monoisotopic (exact) mass is 1580 g/mol. The number of aliphatic hydroxyl groups excluding tert-OH is 1. The van der Waals surface area contributed by atoms with Gasteiger partial charge in [0.25, 0.3) is 0 Å². The Morgan fingerprint density at radius 1 is 0.453 bits per heavy atom. The van der Waals surface area contributed by atoms with E-state index in [9.17, 15) is 23.6 Å². The van der Waals surface area contributed by atoms with Gasteiger partial charge < -0.3 is 34.2 Å². The summed E-state index contributed by atoms with van der Waals surface area (Å²) in [7, 11) is 1.67. The van der Waals surface area contributed by atoms with E-state index in [0.29, 0.717) is 80.1 Å². The molecule has 0 aliphatic carbocycles. The molecule has 13 aromatic rings. The number of fused-ring (bicyclic) bond motifs is 4. The highest BCUT2D eigenvalue weighted by Crippen LogP contribution is 2.35. The number of nitrogens with one attached hydrogen (secondary N) is 8. The molecule has 0 saturated carbocycles. The molecule has 4 aromatic heterocycles. The molecule has 4 fully saturated rings. The number of piperazine rings is 2. The van der Waals surface area contributed by atoms with Crippen molar-refractivity contribution in [1.82, 2.24) is 70.2 Å². The van der Waals surface area contributed by atoms with Crippen molar-refractivity contribution in [2.75, 3.05) is 133 Å². The summed E-state index contributed by atoms with van der Waals surface area (Å²) < 4.78 is 23.9. The maximum Gasteiger partial charge on any atom is 0.323 e. The van der Waals surface area contributed by atoms with E-state index in [1.54, 1.807) is 25.3 Å². The summed E-state index contributed by atoms with van der Waals surface area (Å²) in [5.74, 6) is 4.10. The van der Waals surface area contributed by atoms with Crippen LogP contribution in [0.15, 0.2) is 200 Å². The number of aromatic nitrogens is 8. The fourth-order valence-electron chi connectivity index (χ4n) is 14.9. The van der Waals surface area contributed by atoms with E-state index in [0.717, 1.165) is 185 Å². The number of aliphatic hydroxyl groups is 1. The van der Waals surface area contributed by atoms with E-state index in [4.69, 9.17) is 19.8 Å². The zero-order valence-electron chi connectivity index (χ0n) is 66.3. The molecule has 4 saturated heterocycles. The lowest BCUT2D eigenvalue weighted by Gasteiger charge is -2.34.